The number of carboxylic acid groups (broad SMARTS) is 1. The molecule has 0 aliphatic heterocycles. The summed E-state index contributed by atoms with van der Waals surface area (Å²) in [4.78, 5) is 10.9. The number of carboxylic acids is 1. The number of carbonyl (C=O) groups is 1. The van der Waals surface area contributed by atoms with Crippen LogP contribution >= 0.6 is 0 Å². The standard InChI is InChI=1S/C15H17FN2O3/c1-9-14(10(2)18(17-9)6-7-21-3)12-5-4-11(15(19)20)8-13(12)16/h4-5,8H,6-7H2,1-3H3,(H,19,20). The van der Waals surface area contributed by atoms with Crippen LogP contribution in [-0.2, 0) is 11.3 Å². The van der Waals surface area contributed by atoms with Crippen molar-refractivity contribution in [2.45, 2.75) is 20.4 Å². The first kappa shape index (κ1) is 15.2. The van der Waals surface area contributed by atoms with Crippen LogP contribution in [0.4, 0.5) is 4.39 Å². The van der Waals surface area contributed by atoms with E-state index in [-0.39, 0.29) is 5.56 Å². The molecule has 6 heteroatoms. The highest BCUT2D eigenvalue weighted by Crippen LogP contribution is 2.29. The normalized spacial score (nSPS) is 10.9. The Morgan fingerprint density at radius 2 is 2.14 bits per heavy atom. The molecule has 2 aromatic rings. The summed E-state index contributed by atoms with van der Waals surface area (Å²) in [7, 11) is 1.61. The van der Waals surface area contributed by atoms with Gasteiger partial charge in [-0.3, -0.25) is 4.68 Å². The van der Waals surface area contributed by atoms with Crippen molar-refractivity contribution in [1.82, 2.24) is 9.78 Å². The van der Waals surface area contributed by atoms with E-state index >= 15 is 0 Å². The fraction of sp³-hybridized carbons (Fsp3) is 0.333. The van der Waals surface area contributed by atoms with Crippen LogP contribution in [0.5, 0.6) is 0 Å². The van der Waals surface area contributed by atoms with Crippen LogP contribution < -0.4 is 0 Å². The second-order valence-corrected chi connectivity index (χ2v) is 4.76. The molecule has 2 rings (SSSR count). The van der Waals surface area contributed by atoms with Gasteiger partial charge in [-0.1, -0.05) is 6.07 Å². The molecule has 0 saturated carbocycles. The Labute approximate surface area is 122 Å². The van der Waals surface area contributed by atoms with Gasteiger partial charge in [0.15, 0.2) is 0 Å². The second kappa shape index (κ2) is 6.05. The number of aryl methyl sites for hydroxylation is 1. The number of aromatic carboxylic acids is 1. The first-order valence-corrected chi connectivity index (χ1v) is 6.52. The van der Waals surface area contributed by atoms with Gasteiger partial charge in [-0.05, 0) is 26.0 Å². The number of nitrogens with zero attached hydrogens (tertiary/aromatic N) is 2. The summed E-state index contributed by atoms with van der Waals surface area (Å²) >= 11 is 0. The van der Waals surface area contributed by atoms with Crippen molar-refractivity contribution in [2.24, 2.45) is 0 Å². The lowest BCUT2D eigenvalue weighted by molar-refractivity contribution is 0.0696. The molecule has 0 spiro atoms. The molecule has 1 aromatic heterocycles. The van der Waals surface area contributed by atoms with Crippen LogP contribution in [-0.4, -0.2) is 34.6 Å². The number of ether oxygens (including phenoxy) is 1. The van der Waals surface area contributed by atoms with E-state index in [2.05, 4.69) is 5.10 Å². The molecule has 112 valence electrons. The van der Waals surface area contributed by atoms with E-state index in [1.54, 1.807) is 18.7 Å². The first-order valence-electron chi connectivity index (χ1n) is 6.52. The van der Waals surface area contributed by atoms with Gasteiger partial charge in [0.1, 0.15) is 5.82 Å². The maximum atomic E-state index is 14.2. The van der Waals surface area contributed by atoms with Gasteiger partial charge >= 0.3 is 5.97 Å². The third-order valence-electron chi connectivity index (χ3n) is 3.37. The minimum absolute atomic E-state index is 0.0710. The molecule has 0 saturated heterocycles. The van der Waals surface area contributed by atoms with Gasteiger partial charge in [-0.2, -0.15) is 5.10 Å². The number of hydrogen-bond donors (Lipinski definition) is 1. The highest BCUT2D eigenvalue weighted by Gasteiger charge is 2.17. The zero-order chi connectivity index (χ0) is 15.6. The number of benzene rings is 1. The molecule has 0 fully saturated rings. The summed E-state index contributed by atoms with van der Waals surface area (Å²) in [6.45, 7) is 4.76. The third kappa shape index (κ3) is 2.95. The SMILES string of the molecule is COCCn1nc(C)c(-c2ccc(C(=O)O)cc2F)c1C. The van der Waals surface area contributed by atoms with Crippen LogP contribution in [0.25, 0.3) is 11.1 Å². The molecule has 0 radical (unpaired) electrons. The molecule has 0 atom stereocenters. The maximum Gasteiger partial charge on any atom is 0.335 e. The van der Waals surface area contributed by atoms with Gasteiger partial charge in [0.25, 0.3) is 0 Å². The molecule has 5 nitrogen and oxygen atoms in total. The van der Waals surface area contributed by atoms with Crippen LogP contribution in [0.3, 0.4) is 0 Å². The van der Waals surface area contributed by atoms with Crippen molar-refractivity contribution < 1.29 is 19.0 Å². The molecule has 1 N–H and O–H groups in total. The van der Waals surface area contributed by atoms with Crippen LogP contribution in [0.2, 0.25) is 0 Å². The zero-order valence-electron chi connectivity index (χ0n) is 12.2. The summed E-state index contributed by atoms with van der Waals surface area (Å²) in [5, 5.41) is 13.3. The molecular weight excluding hydrogens is 275 g/mol. The Hall–Kier alpha value is -2.21. The van der Waals surface area contributed by atoms with Crippen molar-refractivity contribution in [3.8, 4) is 11.1 Å². The third-order valence-corrected chi connectivity index (χ3v) is 3.37. The molecule has 0 aliphatic carbocycles. The summed E-state index contributed by atoms with van der Waals surface area (Å²) in [5.74, 6) is -1.71. The monoisotopic (exact) mass is 292 g/mol. The predicted molar refractivity (Wildman–Crippen MR) is 75.9 cm³/mol. The lowest BCUT2D eigenvalue weighted by Gasteiger charge is -2.07. The van der Waals surface area contributed by atoms with Gasteiger partial charge < -0.3 is 9.84 Å². The molecule has 0 amide bonds. The summed E-state index contributed by atoms with van der Waals surface area (Å²) in [5.41, 5.74) is 2.51. The van der Waals surface area contributed by atoms with Crippen LogP contribution in [0.1, 0.15) is 21.7 Å². The minimum Gasteiger partial charge on any atom is -0.478 e. The smallest absolute Gasteiger partial charge is 0.335 e. The largest absolute Gasteiger partial charge is 0.478 e. The highest BCUT2D eigenvalue weighted by molar-refractivity contribution is 5.88. The van der Waals surface area contributed by atoms with Crippen LogP contribution in [0.15, 0.2) is 18.2 Å². The van der Waals surface area contributed by atoms with Gasteiger partial charge in [0.05, 0.1) is 24.4 Å². The van der Waals surface area contributed by atoms with E-state index in [1.807, 2.05) is 6.92 Å². The molecular formula is C15H17FN2O3. The Kier molecular flexibility index (Phi) is 4.37. The fourth-order valence-electron chi connectivity index (χ4n) is 2.33. The first-order chi connectivity index (χ1) is 9.95. The quantitative estimate of drug-likeness (QED) is 0.920. The summed E-state index contributed by atoms with van der Waals surface area (Å²) in [6, 6.07) is 3.91. The average Bonchev–Trinajstić information content (AvgIpc) is 2.71. The van der Waals surface area contributed by atoms with E-state index in [9.17, 15) is 9.18 Å². The average molecular weight is 292 g/mol. The maximum absolute atomic E-state index is 14.2. The predicted octanol–water partition coefficient (Wildman–Crippen LogP) is 2.65. The Balaban J connectivity index is 2.47. The van der Waals surface area contributed by atoms with E-state index in [1.165, 1.54) is 12.1 Å². The fourth-order valence-corrected chi connectivity index (χ4v) is 2.33. The van der Waals surface area contributed by atoms with E-state index in [0.29, 0.717) is 30.0 Å². The van der Waals surface area contributed by atoms with Crippen LogP contribution in [0, 0.1) is 19.7 Å². The lowest BCUT2D eigenvalue weighted by Crippen LogP contribution is -2.07. The van der Waals surface area contributed by atoms with Crippen molar-refractivity contribution in [1.29, 1.82) is 0 Å². The molecule has 0 bridgehead atoms. The Morgan fingerprint density at radius 3 is 2.71 bits per heavy atom. The summed E-state index contributed by atoms with van der Waals surface area (Å²) < 4.78 is 21.0. The van der Waals surface area contributed by atoms with Gasteiger partial charge in [-0.15, -0.1) is 0 Å². The highest BCUT2D eigenvalue weighted by atomic mass is 19.1. The van der Waals surface area contributed by atoms with Crippen molar-refractivity contribution in [3.05, 3.63) is 41.0 Å². The second-order valence-electron chi connectivity index (χ2n) is 4.76. The van der Waals surface area contributed by atoms with E-state index < -0.39 is 11.8 Å². The van der Waals surface area contributed by atoms with Crippen molar-refractivity contribution >= 4 is 5.97 Å². The lowest BCUT2D eigenvalue weighted by atomic mass is 10.0. The summed E-state index contributed by atoms with van der Waals surface area (Å²) in [6.07, 6.45) is 0. The number of halogens is 1. The van der Waals surface area contributed by atoms with Crippen molar-refractivity contribution in [3.63, 3.8) is 0 Å². The zero-order valence-corrected chi connectivity index (χ0v) is 12.2. The number of aromatic nitrogens is 2. The number of hydrogen-bond acceptors (Lipinski definition) is 3. The molecule has 1 heterocycles. The molecule has 0 unspecified atom stereocenters. The number of methoxy groups -OCH3 is 1. The Bertz CT molecular complexity index is 680. The topological polar surface area (TPSA) is 64.4 Å². The minimum atomic E-state index is -1.15. The van der Waals surface area contributed by atoms with Crippen molar-refractivity contribution in [2.75, 3.05) is 13.7 Å². The number of rotatable bonds is 5. The van der Waals surface area contributed by atoms with E-state index in [4.69, 9.17) is 9.84 Å². The molecule has 1 aromatic carbocycles. The van der Waals surface area contributed by atoms with Gasteiger partial charge in [0.2, 0.25) is 0 Å². The Morgan fingerprint density at radius 1 is 1.43 bits per heavy atom. The molecule has 0 aliphatic rings. The van der Waals surface area contributed by atoms with Gasteiger partial charge in [0, 0.05) is 23.9 Å². The molecule has 21 heavy (non-hydrogen) atoms. The van der Waals surface area contributed by atoms with E-state index in [0.717, 1.165) is 11.8 Å². The van der Waals surface area contributed by atoms with Gasteiger partial charge in [-0.25, -0.2) is 9.18 Å².